The highest BCUT2D eigenvalue weighted by molar-refractivity contribution is 7.47. The molecule has 36 heavy (non-hydrogen) atoms. The Morgan fingerprint density at radius 3 is 1.69 bits per heavy atom. The van der Waals surface area contributed by atoms with E-state index in [1.807, 2.05) is 0 Å². The van der Waals surface area contributed by atoms with Gasteiger partial charge in [-0.3, -0.25) is 18.6 Å². The standard InChI is InChI=1S/C26H52NO8P/c1-3-5-7-9-11-12-13-15-17-19-26(29)35-24(23-34-36(30,31)33-21-20-27)22-32-25(28)18-16-14-10-8-6-4-2/h24H,3-23,27H2,1-2H3,(H,30,31). The molecule has 10 heteroatoms. The minimum Gasteiger partial charge on any atom is -0.462 e. The lowest BCUT2D eigenvalue weighted by atomic mass is 10.1. The molecule has 9 nitrogen and oxygen atoms in total. The zero-order chi connectivity index (χ0) is 26.9. The molecule has 0 saturated carbocycles. The Bertz CT molecular complexity index is 590. The fourth-order valence-corrected chi connectivity index (χ4v) is 4.40. The second-order valence-electron chi connectivity index (χ2n) is 9.28. The highest BCUT2D eigenvalue weighted by atomic mass is 31.2. The van der Waals surface area contributed by atoms with Gasteiger partial charge in [-0.15, -0.1) is 0 Å². The van der Waals surface area contributed by atoms with E-state index in [4.69, 9.17) is 24.3 Å². The first-order chi connectivity index (χ1) is 17.3. The third kappa shape index (κ3) is 23.4. The average Bonchev–Trinajstić information content (AvgIpc) is 2.85. The number of hydrogen-bond acceptors (Lipinski definition) is 8. The molecule has 2 unspecified atom stereocenters. The van der Waals surface area contributed by atoms with Crippen LogP contribution >= 0.6 is 7.82 Å². The lowest BCUT2D eigenvalue weighted by Crippen LogP contribution is -2.29. The molecular formula is C26H52NO8P. The van der Waals surface area contributed by atoms with Crippen LogP contribution in [0.2, 0.25) is 0 Å². The zero-order valence-electron chi connectivity index (χ0n) is 22.8. The van der Waals surface area contributed by atoms with Crippen LogP contribution in [0.5, 0.6) is 0 Å². The molecule has 3 N–H and O–H groups in total. The van der Waals surface area contributed by atoms with Crippen molar-refractivity contribution in [2.45, 2.75) is 129 Å². The van der Waals surface area contributed by atoms with Crippen molar-refractivity contribution in [3.8, 4) is 0 Å². The number of phosphoric ester groups is 1. The predicted molar refractivity (Wildman–Crippen MR) is 141 cm³/mol. The van der Waals surface area contributed by atoms with Crippen LogP contribution in [0.4, 0.5) is 0 Å². The van der Waals surface area contributed by atoms with Crippen LogP contribution in [0.3, 0.4) is 0 Å². The fraction of sp³-hybridized carbons (Fsp3) is 0.923. The van der Waals surface area contributed by atoms with Crippen molar-refractivity contribution in [3.05, 3.63) is 0 Å². The summed E-state index contributed by atoms with van der Waals surface area (Å²) in [5.41, 5.74) is 5.28. The van der Waals surface area contributed by atoms with Gasteiger partial charge in [0.1, 0.15) is 6.61 Å². The Morgan fingerprint density at radius 2 is 1.19 bits per heavy atom. The van der Waals surface area contributed by atoms with Gasteiger partial charge in [-0.1, -0.05) is 97.3 Å². The Balaban J connectivity index is 4.38. The molecule has 0 aliphatic rings. The normalized spacial score (nSPS) is 13.8. The molecule has 0 aromatic rings. The second-order valence-corrected chi connectivity index (χ2v) is 10.7. The number of carbonyl (C=O) groups excluding carboxylic acids is 2. The van der Waals surface area contributed by atoms with Crippen molar-refractivity contribution in [1.29, 1.82) is 0 Å². The zero-order valence-corrected chi connectivity index (χ0v) is 23.7. The molecule has 0 amide bonds. The van der Waals surface area contributed by atoms with E-state index in [2.05, 4.69) is 13.8 Å². The van der Waals surface area contributed by atoms with Crippen molar-refractivity contribution >= 4 is 19.8 Å². The van der Waals surface area contributed by atoms with Crippen LogP contribution in [0.1, 0.15) is 123 Å². The summed E-state index contributed by atoms with van der Waals surface area (Å²) in [5, 5.41) is 0. The van der Waals surface area contributed by atoms with Gasteiger partial charge in [0.2, 0.25) is 0 Å². The molecule has 0 aliphatic heterocycles. The number of esters is 2. The van der Waals surface area contributed by atoms with Gasteiger partial charge in [0, 0.05) is 19.4 Å². The summed E-state index contributed by atoms with van der Waals surface area (Å²) in [4.78, 5) is 34.1. The highest BCUT2D eigenvalue weighted by Gasteiger charge is 2.25. The smallest absolute Gasteiger partial charge is 0.462 e. The first kappa shape index (κ1) is 35.0. The molecule has 2 atom stereocenters. The molecule has 0 radical (unpaired) electrons. The van der Waals surface area contributed by atoms with Gasteiger partial charge in [-0.25, -0.2) is 4.57 Å². The molecule has 0 aromatic carbocycles. The number of phosphoric acid groups is 1. The van der Waals surface area contributed by atoms with Gasteiger partial charge in [-0.2, -0.15) is 0 Å². The van der Waals surface area contributed by atoms with Gasteiger partial charge in [-0.05, 0) is 12.8 Å². The summed E-state index contributed by atoms with van der Waals surface area (Å²) in [6, 6.07) is 0. The van der Waals surface area contributed by atoms with Gasteiger partial charge in [0.25, 0.3) is 0 Å². The van der Waals surface area contributed by atoms with Gasteiger partial charge in [0.15, 0.2) is 6.10 Å². The lowest BCUT2D eigenvalue weighted by molar-refractivity contribution is -0.161. The molecule has 0 aromatic heterocycles. The maximum absolute atomic E-state index is 12.3. The molecule has 0 fully saturated rings. The van der Waals surface area contributed by atoms with Gasteiger partial charge in [0.05, 0.1) is 13.2 Å². The van der Waals surface area contributed by atoms with Crippen LogP contribution in [-0.4, -0.2) is 49.3 Å². The van der Waals surface area contributed by atoms with Crippen LogP contribution in [0, 0.1) is 0 Å². The first-order valence-electron chi connectivity index (χ1n) is 14.0. The van der Waals surface area contributed by atoms with Crippen LogP contribution in [-0.2, 0) is 32.7 Å². The largest absolute Gasteiger partial charge is 0.472 e. The van der Waals surface area contributed by atoms with E-state index >= 15 is 0 Å². The second kappa shape index (κ2) is 24.4. The molecule has 0 bridgehead atoms. The van der Waals surface area contributed by atoms with E-state index in [0.29, 0.717) is 6.42 Å². The predicted octanol–water partition coefficient (Wildman–Crippen LogP) is 6.21. The average molecular weight is 538 g/mol. The Morgan fingerprint density at radius 1 is 0.722 bits per heavy atom. The summed E-state index contributed by atoms with van der Waals surface area (Å²) in [5.74, 6) is -0.841. The van der Waals surface area contributed by atoms with Gasteiger partial charge < -0.3 is 20.1 Å². The van der Waals surface area contributed by atoms with Crippen LogP contribution < -0.4 is 5.73 Å². The fourth-order valence-electron chi connectivity index (χ4n) is 3.63. The number of hydrogen-bond donors (Lipinski definition) is 2. The van der Waals surface area contributed by atoms with E-state index < -0.39 is 32.5 Å². The molecule has 0 aliphatic carbocycles. The molecular weight excluding hydrogens is 485 g/mol. The van der Waals surface area contributed by atoms with E-state index in [0.717, 1.165) is 38.5 Å². The number of ether oxygens (including phenoxy) is 2. The third-order valence-electron chi connectivity index (χ3n) is 5.74. The summed E-state index contributed by atoms with van der Waals surface area (Å²) >= 11 is 0. The summed E-state index contributed by atoms with van der Waals surface area (Å²) < 4.78 is 32.2. The first-order valence-corrected chi connectivity index (χ1v) is 15.5. The highest BCUT2D eigenvalue weighted by Crippen LogP contribution is 2.43. The van der Waals surface area contributed by atoms with E-state index in [1.165, 1.54) is 51.4 Å². The lowest BCUT2D eigenvalue weighted by Gasteiger charge is -2.19. The third-order valence-corrected chi connectivity index (χ3v) is 6.73. The minimum absolute atomic E-state index is 0.0567. The van der Waals surface area contributed by atoms with E-state index in [1.54, 1.807) is 0 Å². The number of rotatable bonds is 26. The summed E-state index contributed by atoms with van der Waals surface area (Å²) in [6.45, 7) is 3.60. The molecule has 0 saturated heterocycles. The van der Waals surface area contributed by atoms with Gasteiger partial charge >= 0.3 is 19.8 Å². The molecule has 0 rings (SSSR count). The van der Waals surface area contributed by atoms with Crippen molar-refractivity contribution in [2.24, 2.45) is 5.73 Å². The molecule has 0 heterocycles. The van der Waals surface area contributed by atoms with Crippen molar-refractivity contribution < 1.29 is 37.6 Å². The monoisotopic (exact) mass is 537 g/mol. The van der Waals surface area contributed by atoms with Crippen LogP contribution in [0.25, 0.3) is 0 Å². The maximum atomic E-state index is 12.3. The topological polar surface area (TPSA) is 134 Å². The quantitative estimate of drug-likeness (QED) is 0.0750. The SMILES string of the molecule is CCCCCCCCCCCC(=O)OC(COC(=O)CCCCCCCC)COP(=O)(O)OCCN. The molecule has 0 spiro atoms. The number of nitrogens with two attached hydrogens (primary N) is 1. The van der Waals surface area contributed by atoms with E-state index in [9.17, 15) is 19.0 Å². The maximum Gasteiger partial charge on any atom is 0.472 e. The van der Waals surface area contributed by atoms with Crippen LogP contribution in [0.15, 0.2) is 0 Å². The molecule has 214 valence electrons. The van der Waals surface area contributed by atoms with Crippen molar-refractivity contribution in [2.75, 3.05) is 26.4 Å². The van der Waals surface area contributed by atoms with E-state index in [-0.39, 0.29) is 32.6 Å². The number of unbranched alkanes of at least 4 members (excludes halogenated alkanes) is 13. The summed E-state index contributed by atoms with van der Waals surface area (Å²) in [6.07, 6.45) is 16.0. The Labute approximate surface area is 218 Å². The Hall–Kier alpha value is -0.990. The number of carbonyl (C=O) groups is 2. The van der Waals surface area contributed by atoms with Crippen molar-refractivity contribution in [3.63, 3.8) is 0 Å². The van der Waals surface area contributed by atoms with Crippen molar-refractivity contribution in [1.82, 2.24) is 0 Å². The summed E-state index contributed by atoms with van der Waals surface area (Å²) in [7, 11) is -4.34. The minimum atomic E-state index is -4.34. The Kier molecular flexibility index (Phi) is 23.7.